The zero-order valence-electron chi connectivity index (χ0n) is 18.5. The molecule has 6 nitrogen and oxygen atoms in total. The number of halogens is 1. The molecule has 1 saturated carbocycles. The van der Waals surface area contributed by atoms with Crippen LogP contribution in [0.3, 0.4) is 0 Å². The lowest BCUT2D eigenvalue weighted by Crippen LogP contribution is -2.34. The van der Waals surface area contributed by atoms with Crippen molar-refractivity contribution in [3.63, 3.8) is 0 Å². The summed E-state index contributed by atoms with van der Waals surface area (Å²) in [6.07, 6.45) is 2.49. The number of carbonyl (C=O) groups excluding carboxylic acids is 1. The third-order valence-corrected chi connectivity index (χ3v) is 5.55. The van der Waals surface area contributed by atoms with Crippen LogP contribution in [0, 0.1) is 11.7 Å². The highest BCUT2D eigenvalue weighted by Gasteiger charge is 2.34. The number of amides is 1. The van der Waals surface area contributed by atoms with E-state index in [1.165, 1.54) is 6.07 Å². The minimum Gasteiger partial charge on any atom is -0.435 e. The molecule has 7 heteroatoms. The van der Waals surface area contributed by atoms with Gasteiger partial charge in [-0.15, -0.1) is 0 Å². The van der Waals surface area contributed by atoms with Crippen LogP contribution in [0.25, 0.3) is 5.69 Å². The SMILES string of the molecule is CCc1nn(-c2ccccc2)c(Oc2ccccc2F)c1CN(CCOC)C(=O)C1CC1. The van der Waals surface area contributed by atoms with Crippen LogP contribution in [0.1, 0.15) is 31.0 Å². The number of carbonyl (C=O) groups is 1. The van der Waals surface area contributed by atoms with Crippen LogP contribution >= 0.6 is 0 Å². The zero-order chi connectivity index (χ0) is 22.5. The average Bonchev–Trinajstić information content (AvgIpc) is 3.61. The molecule has 2 aromatic carbocycles. The van der Waals surface area contributed by atoms with Gasteiger partial charge in [-0.25, -0.2) is 9.07 Å². The van der Waals surface area contributed by atoms with E-state index in [1.807, 2.05) is 37.3 Å². The van der Waals surface area contributed by atoms with Gasteiger partial charge < -0.3 is 14.4 Å². The van der Waals surface area contributed by atoms with Crippen LogP contribution in [0.2, 0.25) is 0 Å². The van der Waals surface area contributed by atoms with Gasteiger partial charge in [-0.3, -0.25) is 4.79 Å². The zero-order valence-corrected chi connectivity index (χ0v) is 18.5. The molecule has 0 unspecified atom stereocenters. The van der Waals surface area contributed by atoms with Gasteiger partial charge in [-0.2, -0.15) is 5.10 Å². The molecule has 1 fully saturated rings. The summed E-state index contributed by atoms with van der Waals surface area (Å²) in [5.74, 6) is 0.280. The molecule has 0 atom stereocenters. The number of nitrogens with zero attached hydrogens (tertiary/aromatic N) is 3. The molecule has 1 amide bonds. The fourth-order valence-corrected chi connectivity index (χ4v) is 3.65. The van der Waals surface area contributed by atoms with Gasteiger partial charge in [-0.1, -0.05) is 37.3 Å². The van der Waals surface area contributed by atoms with Gasteiger partial charge in [0.25, 0.3) is 0 Å². The van der Waals surface area contributed by atoms with Crippen molar-refractivity contribution in [3.8, 4) is 17.3 Å². The first-order valence-corrected chi connectivity index (χ1v) is 11.0. The molecule has 0 saturated heterocycles. The Hall–Kier alpha value is -3.19. The first kappa shape index (κ1) is 22.0. The molecule has 168 valence electrons. The number of benzene rings is 2. The number of aromatic nitrogens is 2. The molecule has 1 aliphatic rings. The third kappa shape index (κ3) is 4.83. The average molecular weight is 438 g/mol. The molecule has 0 aliphatic heterocycles. The number of aryl methyl sites for hydroxylation is 1. The Morgan fingerprint density at radius 1 is 1.16 bits per heavy atom. The van der Waals surface area contributed by atoms with Crippen molar-refractivity contribution in [1.82, 2.24) is 14.7 Å². The molecule has 4 rings (SSSR count). The summed E-state index contributed by atoms with van der Waals surface area (Å²) in [6.45, 7) is 3.26. The van der Waals surface area contributed by atoms with Gasteiger partial charge in [-0.05, 0) is 43.5 Å². The van der Waals surface area contributed by atoms with E-state index in [9.17, 15) is 9.18 Å². The molecule has 0 bridgehead atoms. The lowest BCUT2D eigenvalue weighted by Gasteiger charge is -2.23. The number of rotatable bonds is 10. The first-order chi connectivity index (χ1) is 15.6. The second-order valence-electron chi connectivity index (χ2n) is 7.89. The van der Waals surface area contributed by atoms with Crippen molar-refractivity contribution in [1.29, 1.82) is 0 Å². The maximum Gasteiger partial charge on any atom is 0.228 e. The molecule has 32 heavy (non-hydrogen) atoms. The van der Waals surface area contributed by atoms with Crippen LogP contribution in [-0.4, -0.2) is 40.8 Å². The van der Waals surface area contributed by atoms with E-state index in [0.717, 1.165) is 29.8 Å². The first-order valence-electron chi connectivity index (χ1n) is 11.0. The predicted molar refractivity (Wildman–Crippen MR) is 119 cm³/mol. The summed E-state index contributed by atoms with van der Waals surface area (Å²) in [5.41, 5.74) is 2.40. The number of hydrogen-bond donors (Lipinski definition) is 0. The summed E-state index contributed by atoms with van der Waals surface area (Å²) in [6, 6.07) is 15.9. The maximum atomic E-state index is 14.5. The van der Waals surface area contributed by atoms with Gasteiger partial charge in [0, 0.05) is 19.6 Å². The standard InChI is InChI=1S/C25H28FN3O3/c1-3-22-20(17-28(15-16-31-2)24(30)18-13-14-18)25(32-23-12-8-7-11-21(23)26)29(27-22)19-9-5-4-6-10-19/h4-12,18H,3,13-17H2,1-2H3. The Bertz CT molecular complexity index is 1060. The number of ether oxygens (including phenoxy) is 2. The van der Waals surface area contributed by atoms with E-state index >= 15 is 0 Å². The Labute approximate surface area is 187 Å². The Morgan fingerprint density at radius 2 is 1.88 bits per heavy atom. The number of para-hydroxylation sites is 2. The van der Waals surface area contributed by atoms with Crippen LogP contribution in [0.15, 0.2) is 54.6 Å². The summed E-state index contributed by atoms with van der Waals surface area (Å²) in [7, 11) is 1.62. The van der Waals surface area contributed by atoms with E-state index in [0.29, 0.717) is 32.0 Å². The molecule has 3 aromatic rings. The van der Waals surface area contributed by atoms with Crippen molar-refractivity contribution in [3.05, 3.63) is 71.7 Å². The Kier molecular flexibility index (Phi) is 6.85. The van der Waals surface area contributed by atoms with Gasteiger partial charge in [0.05, 0.1) is 30.1 Å². The second-order valence-corrected chi connectivity index (χ2v) is 7.89. The summed E-state index contributed by atoms with van der Waals surface area (Å²) < 4.78 is 27.5. The second kappa shape index (κ2) is 9.96. The topological polar surface area (TPSA) is 56.6 Å². The minimum atomic E-state index is -0.456. The van der Waals surface area contributed by atoms with Gasteiger partial charge in [0.1, 0.15) is 0 Å². The largest absolute Gasteiger partial charge is 0.435 e. The van der Waals surface area contributed by atoms with Gasteiger partial charge in [0.15, 0.2) is 11.6 Å². The lowest BCUT2D eigenvalue weighted by molar-refractivity contribution is -0.133. The van der Waals surface area contributed by atoms with Crippen molar-refractivity contribution in [2.75, 3.05) is 20.3 Å². The van der Waals surface area contributed by atoms with Crippen molar-refractivity contribution >= 4 is 5.91 Å². The summed E-state index contributed by atoms with van der Waals surface area (Å²) >= 11 is 0. The van der Waals surface area contributed by atoms with Gasteiger partial charge >= 0.3 is 0 Å². The van der Waals surface area contributed by atoms with Crippen LogP contribution < -0.4 is 4.74 Å². The van der Waals surface area contributed by atoms with Gasteiger partial charge in [0.2, 0.25) is 11.8 Å². The van der Waals surface area contributed by atoms with E-state index in [1.54, 1.807) is 34.9 Å². The molecule has 1 aromatic heterocycles. The van der Waals surface area contributed by atoms with E-state index < -0.39 is 5.82 Å². The van der Waals surface area contributed by atoms with E-state index in [-0.39, 0.29) is 17.6 Å². The van der Waals surface area contributed by atoms with Crippen LogP contribution in [-0.2, 0) is 22.5 Å². The predicted octanol–water partition coefficient (Wildman–Crippen LogP) is 4.75. The normalized spacial score (nSPS) is 13.2. The molecular weight excluding hydrogens is 409 g/mol. The maximum absolute atomic E-state index is 14.5. The molecule has 0 N–H and O–H groups in total. The van der Waals surface area contributed by atoms with E-state index in [2.05, 4.69) is 0 Å². The van der Waals surface area contributed by atoms with E-state index in [4.69, 9.17) is 14.6 Å². The van der Waals surface area contributed by atoms with Crippen molar-refractivity contribution in [2.45, 2.75) is 32.7 Å². The fourth-order valence-electron chi connectivity index (χ4n) is 3.65. The number of hydrogen-bond acceptors (Lipinski definition) is 4. The summed E-state index contributed by atoms with van der Waals surface area (Å²) in [4.78, 5) is 14.8. The molecule has 1 heterocycles. The van der Waals surface area contributed by atoms with Crippen LogP contribution in [0.5, 0.6) is 11.6 Å². The lowest BCUT2D eigenvalue weighted by atomic mass is 10.1. The summed E-state index contributed by atoms with van der Waals surface area (Å²) in [5, 5.41) is 4.78. The fraction of sp³-hybridized carbons (Fsp3) is 0.360. The molecule has 1 aliphatic carbocycles. The quantitative estimate of drug-likeness (QED) is 0.459. The minimum absolute atomic E-state index is 0.0806. The van der Waals surface area contributed by atoms with Crippen molar-refractivity contribution < 1.29 is 18.7 Å². The highest BCUT2D eigenvalue weighted by Crippen LogP contribution is 2.35. The molecule has 0 spiro atoms. The Morgan fingerprint density at radius 3 is 2.53 bits per heavy atom. The molecule has 0 radical (unpaired) electrons. The van der Waals surface area contributed by atoms with Crippen LogP contribution in [0.4, 0.5) is 4.39 Å². The van der Waals surface area contributed by atoms with Crippen molar-refractivity contribution in [2.24, 2.45) is 5.92 Å². The highest BCUT2D eigenvalue weighted by atomic mass is 19.1. The smallest absolute Gasteiger partial charge is 0.228 e. The number of methoxy groups -OCH3 is 1. The highest BCUT2D eigenvalue weighted by molar-refractivity contribution is 5.81. The monoisotopic (exact) mass is 437 g/mol. The third-order valence-electron chi connectivity index (χ3n) is 5.55. The Balaban J connectivity index is 1.77. The molecular formula is C25H28FN3O3.